The number of carbonyl (C=O) groups is 1. The molecule has 0 aromatic carbocycles. The van der Waals surface area contributed by atoms with E-state index < -0.39 is 0 Å². The van der Waals surface area contributed by atoms with Gasteiger partial charge in [-0.25, -0.2) is 9.97 Å². The summed E-state index contributed by atoms with van der Waals surface area (Å²) in [6.07, 6.45) is 4.71. The van der Waals surface area contributed by atoms with Crippen LogP contribution in [0.4, 0.5) is 5.95 Å². The van der Waals surface area contributed by atoms with Gasteiger partial charge in [0.1, 0.15) is 5.69 Å². The van der Waals surface area contributed by atoms with Crippen molar-refractivity contribution in [3.8, 4) is 0 Å². The van der Waals surface area contributed by atoms with E-state index in [0.29, 0.717) is 18.8 Å². The van der Waals surface area contributed by atoms with Crippen LogP contribution in [-0.2, 0) is 19.4 Å². The molecule has 1 amide bonds. The molecule has 0 spiro atoms. The summed E-state index contributed by atoms with van der Waals surface area (Å²) < 4.78 is 1.76. The summed E-state index contributed by atoms with van der Waals surface area (Å²) in [5.74, 6) is -0.165. The maximum Gasteiger partial charge on any atom is 0.278 e. The van der Waals surface area contributed by atoms with E-state index in [9.17, 15) is 4.79 Å². The Balaban J connectivity index is 2.11. The minimum absolute atomic E-state index is 0.197. The van der Waals surface area contributed by atoms with Crippen molar-refractivity contribution in [2.45, 2.75) is 33.2 Å². The quantitative estimate of drug-likeness (QED) is 0.796. The molecule has 0 aliphatic rings. The van der Waals surface area contributed by atoms with Gasteiger partial charge in [0, 0.05) is 19.3 Å². The average Bonchev–Trinajstić information content (AvgIpc) is 2.96. The number of aromatic nitrogens is 5. The summed E-state index contributed by atoms with van der Waals surface area (Å²) in [6, 6.07) is 0. The van der Waals surface area contributed by atoms with Crippen molar-refractivity contribution in [1.82, 2.24) is 24.7 Å². The first kappa shape index (κ1) is 15.0. The molecule has 0 saturated heterocycles. The molecular weight excluding hydrogens is 270 g/mol. The summed E-state index contributed by atoms with van der Waals surface area (Å²) in [6.45, 7) is 5.09. The minimum Gasteiger partial charge on any atom is -0.335 e. The summed E-state index contributed by atoms with van der Waals surface area (Å²) >= 11 is 0. The third kappa shape index (κ3) is 3.60. The maximum absolute atomic E-state index is 12.1. The largest absolute Gasteiger partial charge is 0.335 e. The monoisotopic (exact) mass is 289 g/mol. The lowest BCUT2D eigenvalue weighted by Gasteiger charge is -2.05. The smallest absolute Gasteiger partial charge is 0.278 e. The van der Waals surface area contributed by atoms with Crippen LogP contribution in [0.5, 0.6) is 0 Å². The molecule has 112 valence electrons. The number of carbonyl (C=O) groups excluding carboxylic acids is 1. The van der Waals surface area contributed by atoms with Gasteiger partial charge in [-0.2, -0.15) is 0 Å². The van der Waals surface area contributed by atoms with Gasteiger partial charge in [-0.3, -0.25) is 10.1 Å². The van der Waals surface area contributed by atoms with Gasteiger partial charge in [0.25, 0.3) is 5.91 Å². The molecule has 0 unspecified atom stereocenters. The zero-order valence-electron chi connectivity index (χ0n) is 12.2. The fourth-order valence-corrected chi connectivity index (χ4v) is 1.91. The van der Waals surface area contributed by atoms with Gasteiger partial charge in [0.2, 0.25) is 5.95 Å². The molecule has 0 saturated carbocycles. The zero-order chi connectivity index (χ0) is 15.2. The zero-order valence-corrected chi connectivity index (χ0v) is 12.2. The first-order chi connectivity index (χ1) is 10.2. The first-order valence-electron chi connectivity index (χ1n) is 6.93. The predicted molar refractivity (Wildman–Crippen MR) is 77.8 cm³/mol. The molecular formula is C13H19N7O. The number of hydrogen-bond acceptors (Lipinski definition) is 6. The summed E-state index contributed by atoms with van der Waals surface area (Å²) in [4.78, 5) is 20.4. The third-order valence-electron chi connectivity index (χ3n) is 2.99. The van der Waals surface area contributed by atoms with Crippen LogP contribution in [0.25, 0.3) is 0 Å². The lowest BCUT2D eigenvalue weighted by Crippen LogP contribution is -2.17. The van der Waals surface area contributed by atoms with Gasteiger partial charge in [0.15, 0.2) is 0 Å². The molecule has 2 heterocycles. The molecule has 8 nitrogen and oxygen atoms in total. The number of nitrogens with two attached hydrogens (primary N) is 1. The molecule has 0 bridgehead atoms. The third-order valence-corrected chi connectivity index (χ3v) is 2.99. The maximum atomic E-state index is 12.1. The molecule has 8 heteroatoms. The van der Waals surface area contributed by atoms with Crippen molar-refractivity contribution in [1.29, 1.82) is 0 Å². The van der Waals surface area contributed by atoms with Gasteiger partial charge < -0.3 is 10.3 Å². The van der Waals surface area contributed by atoms with E-state index in [0.717, 1.165) is 24.2 Å². The second-order valence-electron chi connectivity index (χ2n) is 4.48. The van der Waals surface area contributed by atoms with Crippen LogP contribution in [0.2, 0.25) is 0 Å². The fourth-order valence-electron chi connectivity index (χ4n) is 1.91. The number of hydrogen-bond donors (Lipinski definition) is 2. The fraction of sp³-hybridized carbons (Fsp3) is 0.462. The van der Waals surface area contributed by atoms with E-state index in [1.165, 1.54) is 0 Å². The molecule has 3 N–H and O–H groups in total. The van der Waals surface area contributed by atoms with Gasteiger partial charge in [-0.05, 0) is 12.8 Å². The van der Waals surface area contributed by atoms with E-state index in [2.05, 4.69) is 25.5 Å². The Kier molecular flexibility index (Phi) is 4.94. The van der Waals surface area contributed by atoms with Crippen LogP contribution in [0.1, 0.15) is 35.7 Å². The van der Waals surface area contributed by atoms with E-state index in [-0.39, 0.29) is 11.9 Å². The highest BCUT2D eigenvalue weighted by molar-refractivity contribution is 6.01. The van der Waals surface area contributed by atoms with E-state index >= 15 is 0 Å². The molecule has 2 aromatic heterocycles. The Bertz CT molecular complexity index is 623. The molecule has 0 atom stereocenters. The Labute approximate surface area is 122 Å². The van der Waals surface area contributed by atoms with Crippen molar-refractivity contribution in [3.05, 3.63) is 29.6 Å². The number of nitrogens with zero attached hydrogens (tertiary/aromatic N) is 5. The van der Waals surface area contributed by atoms with Crippen molar-refractivity contribution in [2.75, 3.05) is 11.9 Å². The Morgan fingerprint density at radius 2 is 2.05 bits per heavy atom. The number of anilines is 1. The van der Waals surface area contributed by atoms with Gasteiger partial charge in [0.05, 0.1) is 17.7 Å². The minimum atomic E-state index is -0.362. The molecule has 2 aromatic rings. The van der Waals surface area contributed by atoms with Crippen molar-refractivity contribution >= 4 is 11.9 Å². The van der Waals surface area contributed by atoms with Crippen molar-refractivity contribution in [3.63, 3.8) is 0 Å². The van der Waals surface area contributed by atoms with Gasteiger partial charge in [-0.1, -0.05) is 13.8 Å². The van der Waals surface area contributed by atoms with Crippen LogP contribution >= 0.6 is 0 Å². The molecule has 0 aliphatic carbocycles. The van der Waals surface area contributed by atoms with Crippen molar-refractivity contribution < 1.29 is 4.79 Å². The van der Waals surface area contributed by atoms with Crippen LogP contribution in [0, 0.1) is 0 Å². The topological polar surface area (TPSA) is 112 Å². The van der Waals surface area contributed by atoms with Gasteiger partial charge in [-0.15, -0.1) is 10.2 Å². The van der Waals surface area contributed by atoms with E-state index in [1.807, 2.05) is 13.8 Å². The highest BCUT2D eigenvalue weighted by atomic mass is 16.2. The van der Waals surface area contributed by atoms with Crippen molar-refractivity contribution in [2.24, 2.45) is 5.73 Å². The number of nitrogens with one attached hydrogen (secondary N) is 1. The summed E-state index contributed by atoms with van der Waals surface area (Å²) in [5, 5.41) is 10.6. The highest BCUT2D eigenvalue weighted by Gasteiger charge is 2.13. The number of amides is 1. The Morgan fingerprint density at radius 1 is 1.29 bits per heavy atom. The summed E-state index contributed by atoms with van der Waals surface area (Å²) in [7, 11) is 0. The molecule has 0 aliphatic heterocycles. The molecule has 0 radical (unpaired) electrons. The Morgan fingerprint density at radius 3 is 2.71 bits per heavy atom. The standard InChI is InChI=1S/C13H19N7O/c1-3-9-10(4-2)18-19-13(16-9)17-12(21)11-7-20(6-5-14)8-15-11/h7-8H,3-6,14H2,1-2H3,(H,16,17,19,21). The van der Waals surface area contributed by atoms with Gasteiger partial charge >= 0.3 is 0 Å². The lowest BCUT2D eigenvalue weighted by molar-refractivity contribution is 0.102. The van der Waals surface area contributed by atoms with E-state index in [1.54, 1.807) is 17.1 Å². The predicted octanol–water partition coefficient (Wildman–Crippen LogP) is 0.404. The number of rotatable bonds is 6. The lowest BCUT2D eigenvalue weighted by atomic mass is 10.2. The van der Waals surface area contributed by atoms with Crippen LogP contribution < -0.4 is 11.1 Å². The first-order valence-corrected chi connectivity index (χ1v) is 6.93. The van der Waals surface area contributed by atoms with Crippen LogP contribution in [0.3, 0.4) is 0 Å². The number of imidazole rings is 1. The second-order valence-corrected chi connectivity index (χ2v) is 4.48. The molecule has 2 rings (SSSR count). The number of aryl methyl sites for hydroxylation is 2. The molecule has 21 heavy (non-hydrogen) atoms. The van der Waals surface area contributed by atoms with Crippen LogP contribution in [0.15, 0.2) is 12.5 Å². The normalized spacial score (nSPS) is 10.6. The van der Waals surface area contributed by atoms with Crippen LogP contribution in [-0.4, -0.2) is 37.2 Å². The van der Waals surface area contributed by atoms with E-state index in [4.69, 9.17) is 5.73 Å². The summed E-state index contributed by atoms with van der Waals surface area (Å²) in [5.41, 5.74) is 7.44. The second kappa shape index (κ2) is 6.89. The molecule has 0 fully saturated rings. The highest BCUT2D eigenvalue weighted by Crippen LogP contribution is 2.08. The SMILES string of the molecule is CCc1nnc(NC(=O)c2cn(CCN)cn2)nc1CC. The Hall–Kier alpha value is -2.35. The average molecular weight is 289 g/mol.